The van der Waals surface area contributed by atoms with E-state index in [9.17, 15) is 17.6 Å². The average molecular weight is 453 g/mol. The fourth-order valence-electron chi connectivity index (χ4n) is 3.35. The van der Waals surface area contributed by atoms with Crippen LogP contribution in [0.3, 0.4) is 0 Å². The number of aryl methyl sites for hydroxylation is 2. The van der Waals surface area contributed by atoms with Crippen LogP contribution in [0.2, 0.25) is 0 Å². The van der Waals surface area contributed by atoms with Crippen LogP contribution in [0.4, 0.5) is 15.8 Å². The molecule has 32 heavy (non-hydrogen) atoms. The van der Waals surface area contributed by atoms with Crippen LogP contribution in [-0.2, 0) is 16.6 Å². The molecule has 4 aromatic rings. The molecule has 2 N–H and O–H groups in total. The minimum atomic E-state index is -3.82. The Bertz CT molecular complexity index is 1440. The molecule has 0 unspecified atom stereocenters. The van der Waals surface area contributed by atoms with Gasteiger partial charge in [0.25, 0.3) is 10.0 Å². The molecule has 8 heteroatoms. The monoisotopic (exact) mass is 452 g/mol. The zero-order valence-electron chi connectivity index (χ0n) is 17.5. The number of rotatable bonds is 6. The first-order valence-electron chi connectivity index (χ1n) is 9.88. The largest absolute Gasteiger partial charge is 0.422 e. The molecule has 1 heterocycles. The Labute approximate surface area is 184 Å². The van der Waals surface area contributed by atoms with E-state index < -0.39 is 21.5 Å². The fraction of sp³-hybridized carbons (Fsp3) is 0.125. The molecule has 0 atom stereocenters. The van der Waals surface area contributed by atoms with E-state index in [2.05, 4.69) is 10.0 Å². The van der Waals surface area contributed by atoms with E-state index >= 15 is 0 Å². The van der Waals surface area contributed by atoms with Gasteiger partial charge in [-0.25, -0.2) is 17.6 Å². The molecule has 0 saturated heterocycles. The van der Waals surface area contributed by atoms with Crippen LogP contribution in [-0.4, -0.2) is 8.42 Å². The van der Waals surface area contributed by atoms with Gasteiger partial charge in [-0.05, 0) is 79.1 Å². The predicted molar refractivity (Wildman–Crippen MR) is 123 cm³/mol. The number of nitrogens with one attached hydrogen (secondary N) is 2. The van der Waals surface area contributed by atoms with E-state index in [1.807, 2.05) is 26.0 Å². The third-order valence-electron chi connectivity index (χ3n) is 5.26. The molecule has 0 amide bonds. The van der Waals surface area contributed by atoms with E-state index in [1.54, 1.807) is 24.3 Å². The maximum atomic E-state index is 13.0. The van der Waals surface area contributed by atoms with E-state index in [4.69, 9.17) is 4.42 Å². The summed E-state index contributed by atoms with van der Waals surface area (Å²) in [5.74, 6) is -0.506. The maximum absolute atomic E-state index is 13.0. The Morgan fingerprint density at radius 3 is 2.25 bits per heavy atom. The van der Waals surface area contributed by atoms with E-state index in [-0.39, 0.29) is 4.90 Å². The first kappa shape index (κ1) is 21.6. The van der Waals surface area contributed by atoms with Gasteiger partial charge in [0.1, 0.15) is 11.4 Å². The van der Waals surface area contributed by atoms with E-state index in [1.165, 1.54) is 18.2 Å². The Kier molecular flexibility index (Phi) is 5.71. The van der Waals surface area contributed by atoms with Gasteiger partial charge in [-0.15, -0.1) is 0 Å². The van der Waals surface area contributed by atoms with Gasteiger partial charge >= 0.3 is 5.63 Å². The van der Waals surface area contributed by atoms with Gasteiger partial charge in [-0.3, -0.25) is 4.72 Å². The summed E-state index contributed by atoms with van der Waals surface area (Å²) in [5, 5.41) is 4.11. The van der Waals surface area contributed by atoms with Crippen LogP contribution in [0, 0.1) is 19.7 Å². The quantitative estimate of drug-likeness (QED) is 0.404. The average Bonchev–Trinajstić information content (AvgIpc) is 2.76. The summed E-state index contributed by atoms with van der Waals surface area (Å²) in [6, 6.07) is 16.7. The Morgan fingerprint density at radius 2 is 1.56 bits per heavy atom. The molecule has 3 aromatic carbocycles. The van der Waals surface area contributed by atoms with Gasteiger partial charge in [0.15, 0.2) is 0 Å². The predicted octanol–water partition coefficient (Wildman–Crippen LogP) is 4.96. The summed E-state index contributed by atoms with van der Waals surface area (Å²) in [6.45, 7) is 4.28. The molecular formula is C24H21FN2O4S. The lowest BCUT2D eigenvalue weighted by atomic mass is 10.0. The lowest BCUT2D eigenvalue weighted by Crippen LogP contribution is -2.13. The van der Waals surface area contributed by atoms with Crippen molar-refractivity contribution in [1.82, 2.24) is 0 Å². The molecular weight excluding hydrogens is 431 g/mol. The molecule has 0 spiro atoms. The van der Waals surface area contributed by atoms with Crippen molar-refractivity contribution >= 4 is 32.4 Å². The first-order chi connectivity index (χ1) is 15.2. The number of hydrogen-bond donors (Lipinski definition) is 2. The van der Waals surface area contributed by atoms with E-state index in [0.717, 1.165) is 39.9 Å². The summed E-state index contributed by atoms with van der Waals surface area (Å²) in [4.78, 5) is 12.0. The second-order valence-corrected chi connectivity index (χ2v) is 9.15. The Hall–Kier alpha value is -3.65. The van der Waals surface area contributed by atoms with Crippen LogP contribution >= 0.6 is 0 Å². The standard InChI is InChI=1S/C24H21FN2O4S/c1-15-3-12-22-17(13-23(28)31-24(22)16(15)2)14-26-19-6-8-20(9-7-19)27-32(29,30)21-10-4-18(25)5-11-21/h3-13,26-27H,14H2,1-2H3. The van der Waals surface area contributed by atoms with Gasteiger partial charge in [0.2, 0.25) is 0 Å². The van der Waals surface area contributed by atoms with Crippen LogP contribution in [0.1, 0.15) is 16.7 Å². The van der Waals surface area contributed by atoms with Crippen molar-refractivity contribution in [2.45, 2.75) is 25.3 Å². The van der Waals surface area contributed by atoms with Crippen molar-refractivity contribution in [1.29, 1.82) is 0 Å². The highest BCUT2D eigenvalue weighted by Gasteiger charge is 2.14. The SMILES string of the molecule is Cc1ccc2c(CNc3ccc(NS(=O)(=O)c4ccc(F)cc4)cc3)cc(=O)oc2c1C. The number of hydrogen-bond acceptors (Lipinski definition) is 5. The summed E-state index contributed by atoms with van der Waals surface area (Å²) < 4.78 is 45.8. The molecule has 0 radical (unpaired) electrons. The minimum Gasteiger partial charge on any atom is -0.422 e. The molecule has 0 aliphatic rings. The molecule has 4 rings (SSSR count). The number of halogens is 1. The highest BCUT2D eigenvalue weighted by molar-refractivity contribution is 7.92. The summed E-state index contributed by atoms with van der Waals surface area (Å²) in [6.07, 6.45) is 0. The number of sulfonamides is 1. The van der Waals surface area contributed by atoms with E-state index in [0.29, 0.717) is 17.8 Å². The van der Waals surface area contributed by atoms with Crippen LogP contribution in [0.25, 0.3) is 11.0 Å². The Morgan fingerprint density at radius 1 is 0.906 bits per heavy atom. The molecule has 1 aromatic heterocycles. The minimum absolute atomic E-state index is 0.0265. The lowest BCUT2D eigenvalue weighted by Gasteiger charge is -2.12. The molecule has 164 valence electrons. The zero-order valence-corrected chi connectivity index (χ0v) is 18.3. The topological polar surface area (TPSA) is 88.4 Å². The van der Waals surface area contributed by atoms with Crippen molar-refractivity contribution in [2.24, 2.45) is 0 Å². The highest BCUT2D eigenvalue weighted by Crippen LogP contribution is 2.24. The molecule has 0 fully saturated rings. The summed E-state index contributed by atoms with van der Waals surface area (Å²) >= 11 is 0. The third kappa shape index (κ3) is 4.50. The Balaban J connectivity index is 1.50. The number of benzene rings is 3. The van der Waals surface area contributed by atoms with Crippen molar-refractivity contribution < 1.29 is 17.2 Å². The second kappa shape index (κ2) is 8.47. The molecule has 0 aliphatic heterocycles. The van der Waals surface area contributed by atoms with Crippen molar-refractivity contribution in [3.63, 3.8) is 0 Å². The third-order valence-corrected chi connectivity index (χ3v) is 6.66. The summed E-state index contributed by atoms with van der Waals surface area (Å²) in [7, 11) is -3.82. The van der Waals surface area contributed by atoms with Gasteiger partial charge in [-0.2, -0.15) is 0 Å². The van der Waals surface area contributed by atoms with Gasteiger partial charge < -0.3 is 9.73 Å². The van der Waals surface area contributed by atoms with Crippen LogP contribution < -0.4 is 15.7 Å². The second-order valence-electron chi connectivity index (χ2n) is 7.47. The molecule has 0 saturated carbocycles. The fourth-order valence-corrected chi connectivity index (χ4v) is 4.41. The van der Waals surface area contributed by atoms with Crippen molar-refractivity contribution in [3.8, 4) is 0 Å². The van der Waals surface area contributed by atoms with Crippen molar-refractivity contribution in [3.05, 3.63) is 99.7 Å². The van der Waals surface area contributed by atoms with Gasteiger partial charge in [0, 0.05) is 29.4 Å². The zero-order chi connectivity index (χ0) is 22.9. The molecule has 0 aliphatic carbocycles. The summed E-state index contributed by atoms with van der Waals surface area (Å²) in [5.41, 5.74) is 4.08. The lowest BCUT2D eigenvalue weighted by molar-refractivity contribution is 0.556. The maximum Gasteiger partial charge on any atom is 0.336 e. The van der Waals surface area contributed by atoms with Gasteiger partial charge in [0.05, 0.1) is 4.90 Å². The van der Waals surface area contributed by atoms with Crippen LogP contribution in [0.5, 0.6) is 0 Å². The smallest absolute Gasteiger partial charge is 0.336 e. The molecule has 6 nitrogen and oxygen atoms in total. The van der Waals surface area contributed by atoms with Gasteiger partial charge in [-0.1, -0.05) is 12.1 Å². The first-order valence-corrected chi connectivity index (χ1v) is 11.4. The number of fused-ring (bicyclic) bond motifs is 1. The molecule has 0 bridgehead atoms. The normalized spacial score (nSPS) is 11.5. The van der Waals surface area contributed by atoms with Crippen LogP contribution in [0.15, 0.2) is 80.8 Å². The number of anilines is 2. The highest BCUT2D eigenvalue weighted by atomic mass is 32.2. The van der Waals surface area contributed by atoms with Crippen molar-refractivity contribution in [2.75, 3.05) is 10.0 Å².